The Hall–Kier alpha value is -3.66. The average molecular weight is 591 g/mol. The molecular weight excluding hydrogens is 544 g/mol. The highest BCUT2D eigenvalue weighted by Gasteiger charge is 2.53. The van der Waals surface area contributed by atoms with Gasteiger partial charge >= 0.3 is 0 Å². The maximum Gasteiger partial charge on any atom is 0.130 e. The lowest BCUT2D eigenvalue weighted by Crippen LogP contribution is -2.43. The Morgan fingerprint density at radius 2 is 1.39 bits per heavy atom. The van der Waals surface area contributed by atoms with Gasteiger partial charge in [-0.05, 0) is 114 Å². The minimum atomic E-state index is -0.148. The van der Waals surface area contributed by atoms with Gasteiger partial charge in [-0.1, -0.05) is 58.4 Å². The number of hydrogen-bond acceptors (Lipinski definition) is 4. The van der Waals surface area contributed by atoms with Gasteiger partial charge in [-0.2, -0.15) is 0 Å². The van der Waals surface area contributed by atoms with Crippen molar-refractivity contribution >= 4 is 10.8 Å². The van der Waals surface area contributed by atoms with Crippen LogP contribution >= 0.6 is 0 Å². The van der Waals surface area contributed by atoms with Crippen LogP contribution < -0.4 is 14.2 Å². The number of aromatic hydroxyl groups is 1. The summed E-state index contributed by atoms with van der Waals surface area (Å²) in [6, 6.07) is 21.3. The van der Waals surface area contributed by atoms with Crippen molar-refractivity contribution in [2.45, 2.75) is 90.6 Å². The van der Waals surface area contributed by atoms with Crippen LogP contribution in [0.2, 0.25) is 0 Å². The summed E-state index contributed by atoms with van der Waals surface area (Å²) < 4.78 is 18.3. The molecule has 4 nitrogen and oxygen atoms in total. The molecule has 44 heavy (non-hydrogen) atoms. The molecule has 7 rings (SSSR count). The van der Waals surface area contributed by atoms with Crippen molar-refractivity contribution in [3.05, 3.63) is 71.8 Å². The number of benzene rings is 4. The van der Waals surface area contributed by atoms with Crippen LogP contribution in [0.5, 0.6) is 23.0 Å². The van der Waals surface area contributed by atoms with Crippen LogP contribution in [0.15, 0.2) is 60.7 Å². The first kappa shape index (κ1) is 29.1. The number of phenols is 1. The van der Waals surface area contributed by atoms with Crippen molar-refractivity contribution in [2.75, 3.05) is 14.2 Å². The lowest BCUT2D eigenvalue weighted by Gasteiger charge is -2.51. The van der Waals surface area contributed by atoms with Gasteiger partial charge < -0.3 is 19.3 Å². The maximum atomic E-state index is 11.9. The maximum absolute atomic E-state index is 11.9. The molecule has 0 amide bonds. The molecule has 2 fully saturated rings. The molecule has 4 aromatic rings. The molecule has 3 aliphatic rings. The molecule has 4 aromatic carbocycles. The highest BCUT2D eigenvalue weighted by molar-refractivity contribution is 6.08. The second-order valence-corrected chi connectivity index (χ2v) is 15.1. The van der Waals surface area contributed by atoms with Crippen LogP contribution in [-0.4, -0.2) is 25.4 Å². The highest BCUT2D eigenvalue weighted by atomic mass is 16.5. The number of methoxy groups -OCH3 is 2. The van der Waals surface area contributed by atoms with E-state index in [0.717, 1.165) is 59.1 Å². The van der Waals surface area contributed by atoms with E-state index in [4.69, 9.17) is 14.2 Å². The van der Waals surface area contributed by atoms with Crippen molar-refractivity contribution in [1.82, 2.24) is 0 Å². The monoisotopic (exact) mass is 590 g/mol. The second-order valence-electron chi connectivity index (χ2n) is 15.1. The van der Waals surface area contributed by atoms with Gasteiger partial charge in [0.2, 0.25) is 0 Å². The molecule has 1 spiro atoms. The molecule has 0 atom stereocenters. The molecule has 3 aliphatic carbocycles. The third-order valence-corrected chi connectivity index (χ3v) is 10.5. The molecule has 0 saturated heterocycles. The largest absolute Gasteiger partial charge is 0.507 e. The minimum Gasteiger partial charge on any atom is -0.507 e. The minimum absolute atomic E-state index is 0.148. The number of fused-ring (bicyclic) bond motifs is 7. The van der Waals surface area contributed by atoms with Crippen molar-refractivity contribution < 1.29 is 19.3 Å². The topological polar surface area (TPSA) is 47.9 Å². The lowest BCUT2D eigenvalue weighted by atomic mass is 9.52. The third kappa shape index (κ3) is 4.73. The van der Waals surface area contributed by atoms with Gasteiger partial charge in [0.25, 0.3) is 0 Å². The van der Waals surface area contributed by atoms with E-state index < -0.39 is 0 Å². The second kappa shape index (κ2) is 10.5. The fourth-order valence-corrected chi connectivity index (χ4v) is 9.55. The van der Waals surface area contributed by atoms with E-state index in [1.807, 2.05) is 18.2 Å². The fraction of sp³-hybridized carbons (Fsp3) is 0.450. The number of phenolic OH excluding ortho intramolecular Hbond substituents is 1. The molecule has 230 valence electrons. The smallest absolute Gasteiger partial charge is 0.130 e. The van der Waals surface area contributed by atoms with Gasteiger partial charge in [-0.25, -0.2) is 0 Å². The quantitative estimate of drug-likeness (QED) is 0.251. The summed E-state index contributed by atoms with van der Waals surface area (Å²) in [6.45, 7) is 9.67. The molecule has 1 N–H and O–H groups in total. The van der Waals surface area contributed by atoms with Crippen LogP contribution in [-0.2, 0) is 5.41 Å². The Labute approximate surface area is 262 Å². The van der Waals surface area contributed by atoms with Gasteiger partial charge in [-0.15, -0.1) is 0 Å². The fourth-order valence-electron chi connectivity index (χ4n) is 9.55. The molecule has 2 saturated carbocycles. The van der Waals surface area contributed by atoms with Gasteiger partial charge in [0, 0.05) is 28.0 Å². The van der Waals surface area contributed by atoms with Crippen LogP contribution in [0, 0.1) is 10.8 Å². The Morgan fingerprint density at radius 1 is 0.659 bits per heavy atom. The summed E-state index contributed by atoms with van der Waals surface area (Å²) in [4.78, 5) is 0. The van der Waals surface area contributed by atoms with Crippen LogP contribution in [0.4, 0.5) is 0 Å². The van der Waals surface area contributed by atoms with E-state index in [1.165, 1.54) is 47.9 Å². The van der Waals surface area contributed by atoms with Crippen LogP contribution in [0.3, 0.4) is 0 Å². The summed E-state index contributed by atoms with van der Waals surface area (Å²) in [5, 5.41) is 13.8. The lowest BCUT2D eigenvalue weighted by molar-refractivity contribution is 0.0645. The summed E-state index contributed by atoms with van der Waals surface area (Å²) in [6.07, 6.45) is 9.25. The third-order valence-electron chi connectivity index (χ3n) is 10.5. The van der Waals surface area contributed by atoms with Gasteiger partial charge in [0.1, 0.15) is 23.0 Å². The van der Waals surface area contributed by atoms with Crippen molar-refractivity contribution in [3.8, 4) is 45.3 Å². The van der Waals surface area contributed by atoms with E-state index >= 15 is 0 Å². The molecule has 4 heteroatoms. The zero-order chi connectivity index (χ0) is 30.9. The SMILES string of the molecule is COc1ccc(-c2cc3c(O)cc4c(c3cc2OC2CCCCC2)-c2ccccc2C42CC(C)(C)CC(C)(C)C2)c(OC)c1. The number of ether oxygens (including phenoxy) is 3. The Kier molecular flexibility index (Phi) is 6.91. The van der Waals surface area contributed by atoms with Crippen molar-refractivity contribution in [1.29, 1.82) is 0 Å². The summed E-state index contributed by atoms with van der Waals surface area (Å²) in [7, 11) is 3.36. The van der Waals surface area contributed by atoms with Crippen LogP contribution in [0.25, 0.3) is 33.0 Å². The Morgan fingerprint density at radius 3 is 2.09 bits per heavy atom. The summed E-state index contributed by atoms with van der Waals surface area (Å²) >= 11 is 0. The first-order chi connectivity index (χ1) is 21.0. The summed E-state index contributed by atoms with van der Waals surface area (Å²) in [5.41, 5.74) is 7.26. The standard InChI is InChI=1S/C40H46O4/c1-38(2)22-39(3,4)24-40(23-38)32-15-11-10-14-28(32)37-31-20-36(44-25-12-8-7-9-13-25)30(19-29(31)34(41)21-33(37)40)27-17-16-26(42-5)18-35(27)43-6/h10-11,14-21,25,41H,7-9,12-13,22-24H2,1-6H3. The molecule has 0 aromatic heterocycles. The predicted molar refractivity (Wildman–Crippen MR) is 179 cm³/mol. The molecule has 0 unspecified atom stereocenters. The first-order valence-electron chi connectivity index (χ1n) is 16.4. The molecular formula is C40H46O4. The zero-order valence-electron chi connectivity index (χ0n) is 27.2. The summed E-state index contributed by atoms with van der Waals surface area (Å²) in [5.74, 6) is 2.63. The van der Waals surface area contributed by atoms with Gasteiger partial charge in [0.05, 0.1) is 20.3 Å². The normalized spacial score (nSPS) is 19.9. The molecule has 0 aliphatic heterocycles. The zero-order valence-corrected chi connectivity index (χ0v) is 27.2. The predicted octanol–water partition coefficient (Wildman–Crippen LogP) is 10.4. The number of rotatable bonds is 5. The highest BCUT2D eigenvalue weighted by Crippen LogP contribution is 2.65. The Bertz CT molecular complexity index is 1720. The van der Waals surface area contributed by atoms with E-state index in [1.54, 1.807) is 14.2 Å². The van der Waals surface area contributed by atoms with Crippen molar-refractivity contribution in [3.63, 3.8) is 0 Å². The van der Waals surface area contributed by atoms with E-state index in [9.17, 15) is 5.11 Å². The molecule has 0 bridgehead atoms. The first-order valence-corrected chi connectivity index (χ1v) is 16.4. The van der Waals surface area contributed by atoms with Gasteiger partial charge in [-0.3, -0.25) is 0 Å². The Balaban J connectivity index is 1.51. The van der Waals surface area contributed by atoms with E-state index in [0.29, 0.717) is 11.5 Å². The van der Waals surface area contributed by atoms with E-state index in [-0.39, 0.29) is 22.3 Å². The molecule has 0 radical (unpaired) electrons. The molecule has 0 heterocycles. The van der Waals surface area contributed by atoms with Crippen LogP contribution in [0.1, 0.15) is 90.2 Å². The van der Waals surface area contributed by atoms with Gasteiger partial charge in [0.15, 0.2) is 0 Å². The average Bonchev–Trinajstić information content (AvgIpc) is 3.23. The number of hydrogen-bond donors (Lipinski definition) is 1. The van der Waals surface area contributed by atoms with Crippen molar-refractivity contribution in [2.24, 2.45) is 10.8 Å². The van der Waals surface area contributed by atoms with E-state index in [2.05, 4.69) is 70.2 Å².